The summed E-state index contributed by atoms with van der Waals surface area (Å²) in [4.78, 5) is 67.3. The maximum Gasteiger partial charge on any atom is 0.410 e. The number of anilines is 1. The molecular weight excluding hydrogens is 940 g/mol. The van der Waals surface area contributed by atoms with E-state index in [1.54, 1.807) is 30.5 Å². The van der Waals surface area contributed by atoms with Gasteiger partial charge < -0.3 is 50.1 Å². The molecule has 0 radical (unpaired) electrons. The van der Waals surface area contributed by atoms with E-state index < -0.39 is 89.6 Å². The summed E-state index contributed by atoms with van der Waals surface area (Å²) >= 11 is 0.250. The van der Waals surface area contributed by atoms with Crippen LogP contribution in [-0.4, -0.2) is 171 Å². The number of ether oxygens (including phenoxy) is 5. The van der Waals surface area contributed by atoms with Gasteiger partial charge in [0, 0.05) is 86.8 Å². The number of fused-ring (bicyclic) bond motifs is 1. The Morgan fingerprint density at radius 3 is 2.49 bits per heavy atom. The Morgan fingerprint density at radius 2 is 1.85 bits per heavy atom. The van der Waals surface area contributed by atoms with Crippen LogP contribution in [0.4, 0.5) is 14.4 Å². The van der Waals surface area contributed by atoms with Crippen molar-refractivity contribution in [3.63, 3.8) is 0 Å². The lowest BCUT2D eigenvalue weighted by Gasteiger charge is -2.47. The number of carbonyl (C=O) groups is 4. The normalized spacial score (nSPS) is 31.9. The van der Waals surface area contributed by atoms with Crippen LogP contribution in [0.1, 0.15) is 91.1 Å². The van der Waals surface area contributed by atoms with E-state index in [1.165, 1.54) is 31.8 Å². The predicted molar refractivity (Wildman–Crippen MR) is 265 cm³/mol. The van der Waals surface area contributed by atoms with Crippen molar-refractivity contribution in [2.45, 2.75) is 147 Å². The van der Waals surface area contributed by atoms with Crippen LogP contribution < -0.4 is 16.4 Å². The summed E-state index contributed by atoms with van der Waals surface area (Å²) in [5.74, 6) is -3.99. The van der Waals surface area contributed by atoms with Crippen LogP contribution in [-0.2, 0) is 39.8 Å². The monoisotopic (exact) mass is 1010 g/mol. The minimum Gasteiger partial charge on any atom is -0.458 e. The molecule has 6 rings (SSSR count). The number of nitrogens with one attached hydrogen (secondary N) is 2. The first-order valence-electron chi connectivity index (χ1n) is 24.3. The SMILES string of the molecule is CC[C@H]1OC(=O)[C@H](C)C(=O)[C@H](C)[C@@H](O[C@@H]2OC(CNC(=O)c3cnccn3)CC(N(C)C)C2O)[C@](C)(OC)C[C@@H](C)CN[C@H](C)[C@H]2N(CCCCn3cc(-c4cccc(N)c4)nn3)C(=O)O[C@]12C.CSF. The number of halogens is 1. The molecule has 3 unspecified atom stereocenters. The molecule has 13 atom stereocenters. The minimum absolute atomic E-state index is 0.0809. The van der Waals surface area contributed by atoms with Crippen LogP contribution in [0.2, 0.25) is 0 Å². The van der Waals surface area contributed by atoms with Crippen molar-refractivity contribution >= 4 is 41.6 Å². The average molecular weight is 1020 g/mol. The van der Waals surface area contributed by atoms with E-state index >= 15 is 0 Å². The third kappa shape index (κ3) is 14.0. The summed E-state index contributed by atoms with van der Waals surface area (Å²) in [6.45, 7) is 14.2. The molecule has 2 amide bonds. The van der Waals surface area contributed by atoms with Crippen molar-refractivity contribution in [2.75, 3.05) is 52.8 Å². The van der Waals surface area contributed by atoms with Gasteiger partial charge in [0.05, 0.1) is 36.2 Å². The number of amides is 2. The van der Waals surface area contributed by atoms with E-state index in [-0.39, 0.29) is 36.3 Å². The molecule has 3 saturated heterocycles. The van der Waals surface area contributed by atoms with Gasteiger partial charge in [-0.15, -0.1) is 5.10 Å². The van der Waals surface area contributed by atoms with Crippen LogP contribution in [0.15, 0.2) is 49.1 Å². The van der Waals surface area contributed by atoms with E-state index in [9.17, 15) is 28.2 Å². The Balaban J connectivity index is 0.00000305. The molecule has 0 saturated carbocycles. The van der Waals surface area contributed by atoms with Gasteiger partial charge in [0.1, 0.15) is 29.5 Å². The van der Waals surface area contributed by atoms with Gasteiger partial charge in [0.25, 0.3) is 5.91 Å². The van der Waals surface area contributed by atoms with Crippen LogP contribution in [0.5, 0.6) is 0 Å². The van der Waals surface area contributed by atoms with Crippen LogP contribution >= 0.6 is 12.1 Å². The fourth-order valence-electron chi connectivity index (χ4n) is 10.2. The molecule has 3 aliphatic heterocycles. The number of esters is 1. The highest BCUT2D eigenvalue weighted by atomic mass is 32.2. The molecule has 71 heavy (non-hydrogen) atoms. The first-order chi connectivity index (χ1) is 33.7. The van der Waals surface area contributed by atoms with Crippen molar-refractivity contribution in [2.24, 2.45) is 17.8 Å². The summed E-state index contributed by atoms with van der Waals surface area (Å²) < 4.78 is 43.9. The summed E-state index contributed by atoms with van der Waals surface area (Å²) in [6, 6.07) is 6.11. The van der Waals surface area contributed by atoms with Gasteiger partial charge >= 0.3 is 12.1 Å². The standard InChI is InChI=1S/C48H72N10O10.CH3FS/c1-11-38-48(7)41(58(46(63)68-48)20-13-12-19-57-27-36(54-55-57)32-15-14-16-33(49)21-32)31(5)52-24-28(2)23-47(6,64-10)42(29(3)39(59)30(4)44(62)66-38)67-45-40(60)37(56(8)9)22-34(65-45)25-53-43(61)35-26-50-17-18-51-35;1-3-2/h14-18,21,26-31,34,37-38,40-42,45,52,60H,11-13,19-20,22-25,49H2,1-10H3,(H,53,61);1H3/t28-,29+,30-,31-,34?,37?,38-,40?,41-,42-,45+,47-,48-;/m1./s1. The number of rotatable bonds is 14. The number of aliphatic hydroxyl groups excluding tert-OH is 1. The molecule has 0 bridgehead atoms. The lowest BCUT2D eigenvalue weighted by atomic mass is 9.78. The molecule has 5 heterocycles. The first kappa shape index (κ1) is 57.1. The third-order valence-electron chi connectivity index (χ3n) is 14.0. The number of cyclic esters (lactones) is 1. The van der Waals surface area contributed by atoms with Crippen LogP contribution in [0.25, 0.3) is 11.3 Å². The van der Waals surface area contributed by atoms with Crippen LogP contribution in [0, 0.1) is 17.8 Å². The zero-order chi connectivity index (χ0) is 52.2. The fraction of sp³-hybridized carbons (Fsp3) is 0.673. The number of nitrogens with two attached hydrogens (primary N) is 1. The molecule has 22 heteroatoms. The lowest BCUT2D eigenvalue weighted by Crippen LogP contribution is -2.61. The number of aliphatic hydroxyl groups is 1. The number of methoxy groups -OCH3 is 1. The average Bonchev–Trinajstić information content (AvgIpc) is 3.93. The number of ketones is 1. The molecule has 2 aromatic heterocycles. The molecule has 3 fully saturated rings. The van der Waals surface area contributed by atoms with Gasteiger partial charge in [-0.3, -0.25) is 28.9 Å². The smallest absolute Gasteiger partial charge is 0.410 e. The zero-order valence-corrected chi connectivity index (χ0v) is 43.8. The number of nitrogen functional groups attached to an aromatic ring is 1. The zero-order valence-electron chi connectivity index (χ0n) is 42.9. The Kier molecular flexibility index (Phi) is 20.7. The maximum absolute atomic E-state index is 14.6. The molecular formula is C49H75FN10O10S. The molecule has 394 valence electrons. The molecule has 0 aliphatic carbocycles. The summed E-state index contributed by atoms with van der Waals surface area (Å²) in [5.41, 5.74) is 5.90. The molecule has 0 spiro atoms. The van der Waals surface area contributed by atoms with E-state index in [2.05, 4.69) is 37.8 Å². The summed E-state index contributed by atoms with van der Waals surface area (Å²) in [6.07, 6.45) is 4.41. The molecule has 3 aromatic rings. The van der Waals surface area contributed by atoms with Gasteiger partial charge in [-0.05, 0) is 98.5 Å². The van der Waals surface area contributed by atoms with Crippen molar-refractivity contribution in [3.8, 4) is 11.3 Å². The number of aromatic nitrogens is 5. The van der Waals surface area contributed by atoms with Gasteiger partial charge in [-0.2, -0.15) is 3.89 Å². The molecule has 1 aromatic carbocycles. The quantitative estimate of drug-likeness (QED) is 0.0738. The van der Waals surface area contributed by atoms with Crippen molar-refractivity contribution in [1.29, 1.82) is 0 Å². The van der Waals surface area contributed by atoms with Crippen molar-refractivity contribution in [3.05, 3.63) is 54.7 Å². The highest BCUT2D eigenvalue weighted by Crippen LogP contribution is 2.40. The highest BCUT2D eigenvalue weighted by molar-refractivity contribution is 7.93. The second-order valence-corrected chi connectivity index (χ2v) is 19.9. The van der Waals surface area contributed by atoms with Crippen molar-refractivity contribution < 1.29 is 51.9 Å². The van der Waals surface area contributed by atoms with Gasteiger partial charge in [0.2, 0.25) is 0 Å². The number of hydrogen-bond donors (Lipinski definition) is 4. The Morgan fingerprint density at radius 1 is 1.13 bits per heavy atom. The summed E-state index contributed by atoms with van der Waals surface area (Å²) in [5, 5.41) is 26.9. The lowest BCUT2D eigenvalue weighted by molar-refractivity contribution is -0.296. The van der Waals surface area contributed by atoms with Crippen molar-refractivity contribution in [1.82, 2.24) is 45.4 Å². The number of aryl methyl sites for hydroxylation is 1. The number of unbranched alkanes of at least 4 members (excludes halogenated alkanes) is 1. The molecule has 3 aliphatic rings. The Bertz CT molecular complexity index is 2220. The summed E-state index contributed by atoms with van der Waals surface area (Å²) in [7, 11) is 5.22. The highest BCUT2D eigenvalue weighted by Gasteiger charge is 2.59. The van der Waals surface area contributed by atoms with Gasteiger partial charge in [-0.25, -0.2) is 9.78 Å². The molecule has 20 nitrogen and oxygen atoms in total. The van der Waals surface area contributed by atoms with E-state index in [4.69, 9.17) is 29.4 Å². The largest absolute Gasteiger partial charge is 0.458 e. The second kappa shape index (κ2) is 25.7. The molecule has 5 N–H and O–H groups in total. The number of hydrogen-bond acceptors (Lipinski definition) is 18. The fourth-order valence-corrected chi connectivity index (χ4v) is 10.2. The van der Waals surface area contributed by atoms with E-state index in [0.717, 1.165) is 5.56 Å². The first-order valence-corrected chi connectivity index (χ1v) is 25.5. The Labute approximate surface area is 421 Å². The predicted octanol–water partition coefficient (Wildman–Crippen LogP) is 4.72. The van der Waals surface area contributed by atoms with E-state index in [0.29, 0.717) is 63.1 Å². The number of Topliss-reactive ketones (excluding diaryl/α,β-unsaturated/α-hetero) is 1. The number of likely N-dealkylation sites (N-methyl/N-ethyl adjacent to an activating group) is 1. The Hall–Kier alpha value is -4.84. The topological polar surface area (TPSA) is 248 Å². The van der Waals surface area contributed by atoms with Gasteiger partial charge in [0.15, 0.2) is 17.7 Å². The van der Waals surface area contributed by atoms with Gasteiger partial charge in [-0.1, -0.05) is 38.1 Å². The minimum atomic E-state index is -1.28. The number of carbonyl (C=O) groups excluding carboxylic acids is 4. The third-order valence-corrected chi connectivity index (χ3v) is 14.0. The number of nitrogens with zero attached hydrogens (tertiary/aromatic N) is 7. The maximum atomic E-state index is 14.6. The second-order valence-electron chi connectivity index (χ2n) is 19.6. The number of benzene rings is 1. The van der Waals surface area contributed by atoms with E-state index in [1.807, 2.05) is 70.2 Å². The van der Waals surface area contributed by atoms with Crippen LogP contribution in [0.3, 0.4) is 0 Å².